The van der Waals surface area contributed by atoms with Crippen LogP contribution in [0.4, 0.5) is 0 Å². The van der Waals surface area contributed by atoms with Gasteiger partial charge in [-0.1, -0.05) is 0 Å². The van der Waals surface area contributed by atoms with Gasteiger partial charge in [0.1, 0.15) is 0 Å². The van der Waals surface area contributed by atoms with Crippen LogP contribution in [-0.4, -0.2) is 0 Å². The van der Waals surface area contributed by atoms with Crippen molar-refractivity contribution in [1.82, 2.24) is 0 Å². The molecule has 0 amide bonds. The molecule has 0 N–H and O–H groups in total. The molecule has 0 aliphatic carbocycles. The maximum absolute atomic E-state index is 0. The van der Waals surface area contributed by atoms with Crippen LogP contribution in [0.5, 0.6) is 0 Å². The summed E-state index contributed by atoms with van der Waals surface area (Å²) in [6, 6.07) is 0. The quantitative estimate of drug-likeness (QED) is 0.532. The molecule has 0 saturated carbocycles. The molecule has 38 valence electrons. The van der Waals surface area contributed by atoms with Crippen molar-refractivity contribution in [1.29, 1.82) is 0 Å². The molecule has 0 rings (SSSR count). The van der Waals surface area contributed by atoms with Crippen LogP contribution in [0.25, 0.3) is 0 Å². The first-order chi connectivity index (χ1) is 0. The van der Waals surface area contributed by atoms with Gasteiger partial charge in [-0.25, -0.2) is 0 Å². The Bertz CT molecular complexity index is 11.6. The zero-order valence-corrected chi connectivity index (χ0v) is 9.29. The topological polar surface area (TPSA) is 0 Å². The van der Waals surface area contributed by atoms with E-state index in [9.17, 15) is 0 Å². The van der Waals surface area contributed by atoms with Gasteiger partial charge in [-0.15, -0.1) is 0 Å². The fourth-order valence-corrected chi connectivity index (χ4v) is 0. The third kappa shape index (κ3) is 19.5. The molecule has 5 heteroatoms. The van der Waals surface area contributed by atoms with Crippen molar-refractivity contribution >= 4 is 0 Å². The van der Waals surface area contributed by atoms with E-state index in [1.54, 1.807) is 0 Å². The van der Waals surface area contributed by atoms with Crippen molar-refractivity contribution in [2.45, 2.75) is 0 Å². The van der Waals surface area contributed by atoms with Gasteiger partial charge in [0.25, 0.3) is 0 Å². The maximum atomic E-state index is 0. The molecule has 0 saturated heterocycles. The van der Waals surface area contributed by atoms with Crippen molar-refractivity contribution in [3.05, 3.63) is 0 Å². The fraction of sp³-hybridized carbons (Fsp3) is 0. The van der Waals surface area contributed by atoms with E-state index in [4.69, 9.17) is 0 Å². The summed E-state index contributed by atoms with van der Waals surface area (Å²) < 4.78 is 0. The van der Waals surface area contributed by atoms with Gasteiger partial charge >= 0.3 is 0 Å². The Morgan fingerprint density at radius 3 is 1.00 bits per heavy atom. The predicted octanol–water partition coefficient (Wildman–Crippen LogP) is -0.0125. The molecule has 0 aromatic carbocycles. The minimum Gasteiger partial charge on any atom is 0 e. The molecule has 0 aliphatic rings. The Labute approximate surface area is 92.9 Å². The van der Waals surface area contributed by atoms with Crippen molar-refractivity contribution in [3.63, 3.8) is 0 Å². The molecule has 0 unspecified atom stereocenters. The van der Waals surface area contributed by atoms with E-state index in [0.29, 0.717) is 0 Å². The molecule has 2 radical (unpaired) electrons. The molecule has 0 aromatic rings. The molecule has 5 heavy (non-hydrogen) atoms. The van der Waals surface area contributed by atoms with Crippen LogP contribution in [-0.2, 0) is 94.4 Å². The SMILES string of the molecule is [Cr].[Cu].[Mo].[Nb].[Ni]. The normalized spacial score (nSPS) is 0. The van der Waals surface area contributed by atoms with Gasteiger partial charge in [0.05, 0.1) is 0 Å². The van der Waals surface area contributed by atoms with E-state index in [0.717, 1.165) is 0 Å². The Kier molecular flexibility index (Phi) is 247. The van der Waals surface area contributed by atoms with Crippen molar-refractivity contribution < 1.29 is 94.4 Å². The zero-order valence-electron chi connectivity index (χ0n) is 1.88. The molecule has 0 spiro atoms. The monoisotopic (exact) mass is 364 g/mol. The Morgan fingerprint density at radius 2 is 1.00 bits per heavy atom. The van der Waals surface area contributed by atoms with Gasteiger partial charge in [0.2, 0.25) is 0 Å². The summed E-state index contributed by atoms with van der Waals surface area (Å²) >= 11 is 0. The first-order valence-corrected chi connectivity index (χ1v) is 0. The fourth-order valence-electron chi connectivity index (χ4n) is 0. The predicted molar refractivity (Wildman–Crippen MR) is 0 cm³/mol. The van der Waals surface area contributed by atoms with Crippen LogP contribution in [0.3, 0.4) is 0 Å². The molecule has 0 aromatic heterocycles. The minimum absolute atomic E-state index is 0. The standard InChI is InChI=1S/Cr.Cu.Mo.Nb.Ni. The molecule has 0 nitrogen and oxygen atoms in total. The van der Waals surface area contributed by atoms with Gasteiger partial charge in [0.15, 0.2) is 0 Å². The molecule has 0 atom stereocenters. The summed E-state index contributed by atoms with van der Waals surface area (Å²) in [7, 11) is 0. The average molecular weight is 363 g/mol. The van der Waals surface area contributed by atoms with Gasteiger partial charge in [-0.3, -0.25) is 0 Å². The van der Waals surface area contributed by atoms with Crippen LogP contribution in [0.1, 0.15) is 0 Å². The maximum Gasteiger partial charge on any atom is 0 e. The summed E-state index contributed by atoms with van der Waals surface area (Å²) in [6.45, 7) is 0. The van der Waals surface area contributed by atoms with Gasteiger partial charge < -0.3 is 0 Å². The second kappa shape index (κ2) is 28.1. The summed E-state index contributed by atoms with van der Waals surface area (Å²) in [5, 5.41) is 0. The van der Waals surface area contributed by atoms with E-state index in [1.165, 1.54) is 0 Å². The van der Waals surface area contributed by atoms with Crippen LogP contribution >= 0.6 is 0 Å². The van der Waals surface area contributed by atoms with Crippen LogP contribution in [0.2, 0.25) is 0 Å². The molecule has 0 heterocycles. The first kappa shape index (κ1) is 43.8. The smallest absolute Gasteiger partial charge is 0 e. The third-order valence-corrected chi connectivity index (χ3v) is 0. The van der Waals surface area contributed by atoms with Crippen LogP contribution < -0.4 is 0 Å². The minimum atomic E-state index is 0. The molecule has 0 bridgehead atoms. The van der Waals surface area contributed by atoms with Crippen molar-refractivity contribution in [2.24, 2.45) is 0 Å². The van der Waals surface area contributed by atoms with Crippen molar-refractivity contribution in [2.75, 3.05) is 0 Å². The van der Waals surface area contributed by atoms with Gasteiger partial charge in [-0.05, 0) is 0 Å². The summed E-state index contributed by atoms with van der Waals surface area (Å²) in [5.41, 5.74) is 0. The molecular formula is CrCuMoNbNi. The summed E-state index contributed by atoms with van der Waals surface area (Å²) in [5.74, 6) is 0. The van der Waals surface area contributed by atoms with E-state index in [2.05, 4.69) is 0 Å². The summed E-state index contributed by atoms with van der Waals surface area (Å²) in [4.78, 5) is 0. The van der Waals surface area contributed by atoms with E-state index < -0.39 is 0 Å². The number of hydrogen-bond acceptors (Lipinski definition) is 0. The summed E-state index contributed by atoms with van der Waals surface area (Å²) in [6.07, 6.45) is 0. The largest absolute Gasteiger partial charge is 0 e. The van der Waals surface area contributed by atoms with Gasteiger partial charge in [0, 0.05) is 94.4 Å². The third-order valence-electron chi connectivity index (χ3n) is 0. The Balaban J connectivity index is 0. The van der Waals surface area contributed by atoms with E-state index in [1.807, 2.05) is 0 Å². The Morgan fingerprint density at radius 1 is 1.00 bits per heavy atom. The Hall–Kier alpha value is 2.97. The molecular weight excluding hydrogens is 363 g/mol. The van der Waals surface area contributed by atoms with Crippen LogP contribution in [0.15, 0.2) is 0 Å². The van der Waals surface area contributed by atoms with Crippen LogP contribution in [0, 0.1) is 0 Å². The van der Waals surface area contributed by atoms with E-state index in [-0.39, 0.29) is 94.4 Å². The second-order valence-corrected chi connectivity index (χ2v) is 0. The number of rotatable bonds is 0. The second-order valence-electron chi connectivity index (χ2n) is 0. The zero-order chi connectivity index (χ0) is 0. The number of hydrogen-bond donors (Lipinski definition) is 0. The first-order valence-electron chi connectivity index (χ1n) is 0. The van der Waals surface area contributed by atoms with E-state index >= 15 is 0 Å². The van der Waals surface area contributed by atoms with Crippen molar-refractivity contribution in [3.8, 4) is 0 Å². The molecule has 0 aliphatic heterocycles. The average Bonchev–Trinajstić information content (AvgIpc) is 0. The van der Waals surface area contributed by atoms with Gasteiger partial charge in [-0.2, -0.15) is 0 Å². The molecule has 0 fully saturated rings.